The van der Waals surface area contributed by atoms with Gasteiger partial charge in [0.05, 0.1) is 0 Å². The smallest absolute Gasteiger partial charge is 0.326 e. The zero-order chi connectivity index (χ0) is 22.1. The van der Waals surface area contributed by atoms with Crippen molar-refractivity contribution in [2.24, 2.45) is 0 Å². The molecule has 0 heterocycles. The van der Waals surface area contributed by atoms with E-state index in [4.69, 9.17) is 4.74 Å². The largest absolute Gasteiger partial charge is 0.488 e. The van der Waals surface area contributed by atoms with Gasteiger partial charge in [-0.1, -0.05) is 76.6 Å². The second-order valence-corrected chi connectivity index (χ2v) is 7.79. The number of carbonyl (C=O) groups excluding carboxylic acids is 1. The van der Waals surface area contributed by atoms with Crippen molar-refractivity contribution in [1.29, 1.82) is 0 Å². The molecule has 0 spiro atoms. The van der Waals surface area contributed by atoms with Gasteiger partial charge in [0.15, 0.2) is 0 Å². The third kappa shape index (κ3) is 7.12. The molecule has 0 saturated carbocycles. The maximum Gasteiger partial charge on any atom is 0.326 e. The Balaban J connectivity index is 1.67. The Bertz CT molecular complexity index is 1050. The van der Waals surface area contributed by atoms with Crippen LogP contribution in [0, 0.1) is 0 Å². The number of hydrogen-bond donors (Lipinski definition) is 2. The number of ether oxygens (including phenoxy) is 1. The molecule has 0 bridgehead atoms. The van der Waals surface area contributed by atoms with Crippen molar-refractivity contribution in [3.05, 3.63) is 106 Å². The van der Waals surface area contributed by atoms with Crippen molar-refractivity contribution in [3.8, 4) is 5.75 Å². The summed E-state index contributed by atoms with van der Waals surface area (Å²) >= 11 is 3.43. The summed E-state index contributed by atoms with van der Waals surface area (Å²) in [6, 6.07) is 23.5. The average molecular weight is 480 g/mol. The summed E-state index contributed by atoms with van der Waals surface area (Å²) in [4.78, 5) is 24.0. The lowest BCUT2D eigenvalue weighted by Gasteiger charge is -2.13. The van der Waals surface area contributed by atoms with Crippen LogP contribution in [0.2, 0.25) is 0 Å². The van der Waals surface area contributed by atoms with Gasteiger partial charge in [-0.15, -0.1) is 0 Å². The lowest BCUT2D eigenvalue weighted by molar-refractivity contribution is -0.141. The minimum Gasteiger partial charge on any atom is -0.488 e. The van der Waals surface area contributed by atoms with E-state index in [1.807, 2.05) is 78.9 Å². The minimum absolute atomic E-state index is 0.206. The molecule has 0 radical (unpaired) electrons. The molecule has 3 aromatic rings. The first-order valence-corrected chi connectivity index (χ1v) is 10.5. The molecule has 6 heteroatoms. The van der Waals surface area contributed by atoms with Crippen molar-refractivity contribution < 1.29 is 19.4 Å². The summed E-state index contributed by atoms with van der Waals surface area (Å²) in [5.74, 6) is -0.951. The van der Waals surface area contributed by atoms with Crippen molar-refractivity contribution in [1.82, 2.24) is 5.32 Å². The first kappa shape index (κ1) is 22.3. The predicted molar refractivity (Wildman–Crippen MR) is 124 cm³/mol. The summed E-state index contributed by atoms with van der Waals surface area (Å²) < 4.78 is 6.75. The lowest BCUT2D eigenvalue weighted by Crippen LogP contribution is -2.41. The van der Waals surface area contributed by atoms with Crippen LogP contribution in [0.3, 0.4) is 0 Å². The normalized spacial score (nSPS) is 11.8. The molecule has 3 aromatic carbocycles. The minimum atomic E-state index is -1.08. The summed E-state index contributed by atoms with van der Waals surface area (Å²) in [5.41, 5.74) is 2.57. The second kappa shape index (κ2) is 11.1. The van der Waals surface area contributed by atoms with Gasteiger partial charge in [-0.25, -0.2) is 4.79 Å². The Morgan fingerprint density at radius 2 is 1.61 bits per heavy atom. The Labute approximate surface area is 189 Å². The monoisotopic (exact) mass is 479 g/mol. The number of benzene rings is 3. The molecular formula is C25H22BrNO4. The Kier molecular flexibility index (Phi) is 8.01. The first-order valence-electron chi connectivity index (χ1n) is 9.73. The van der Waals surface area contributed by atoms with Gasteiger partial charge in [0.2, 0.25) is 5.91 Å². The topological polar surface area (TPSA) is 75.6 Å². The Morgan fingerprint density at radius 3 is 2.26 bits per heavy atom. The van der Waals surface area contributed by atoms with Gasteiger partial charge in [0, 0.05) is 22.5 Å². The van der Waals surface area contributed by atoms with E-state index in [9.17, 15) is 14.7 Å². The number of carbonyl (C=O) groups is 2. The van der Waals surface area contributed by atoms with Crippen LogP contribution in [0.5, 0.6) is 5.75 Å². The predicted octanol–water partition coefficient (Wildman–Crippen LogP) is 4.85. The molecule has 31 heavy (non-hydrogen) atoms. The average Bonchev–Trinajstić information content (AvgIpc) is 2.78. The van der Waals surface area contributed by atoms with Crippen LogP contribution >= 0.6 is 15.9 Å². The van der Waals surface area contributed by atoms with Crippen molar-refractivity contribution in [2.45, 2.75) is 19.1 Å². The Morgan fingerprint density at radius 1 is 0.968 bits per heavy atom. The molecule has 0 saturated heterocycles. The molecule has 2 N–H and O–H groups in total. The van der Waals surface area contributed by atoms with E-state index in [1.54, 1.807) is 6.08 Å². The number of carboxylic acids is 1. The highest BCUT2D eigenvalue weighted by atomic mass is 79.9. The summed E-state index contributed by atoms with van der Waals surface area (Å²) in [5, 5.41) is 12.0. The summed E-state index contributed by atoms with van der Waals surface area (Å²) in [6.45, 7) is 0.397. The number of hydrogen-bond acceptors (Lipinski definition) is 3. The third-order valence-corrected chi connectivity index (χ3v) is 5.01. The SMILES string of the molecule is O=C(/C=C/c1cc(Br)ccc1OCc1ccccc1)NC(Cc1ccccc1)C(=O)O. The van der Waals surface area contributed by atoms with Gasteiger partial charge >= 0.3 is 5.97 Å². The van der Waals surface area contributed by atoms with E-state index >= 15 is 0 Å². The van der Waals surface area contributed by atoms with Gasteiger partial charge in [-0.3, -0.25) is 4.79 Å². The standard InChI is InChI=1S/C25H22BrNO4/c26-21-12-13-23(31-17-19-9-5-2-6-10-19)20(16-21)11-14-24(28)27-22(25(29)30)15-18-7-3-1-4-8-18/h1-14,16,22H,15,17H2,(H,27,28)(H,29,30)/b14-11+. The van der Waals surface area contributed by atoms with E-state index in [-0.39, 0.29) is 6.42 Å². The zero-order valence-corrected chi connectivity index (χ0v) is 18.3. The maximum absolute atomic E-state index is 12.4. The fourth-order valence-corrected chi connectivity index (χ4v) is 3.33. The molecule has 158 valence electrons. The first-order chi connectivity index (χ1) is 15.0. The molecule has 5 nitrogen and oxygen atoms in total. The van der Waals surface area contributed by atoms with Crippen LogP contribution in [-0.4, -0.2) is 23.0 Å². The molecule has 0 aromatic heterocycles. The number of carboxylic acid groups (broad SMARTS) is 1. The third-order valence-electron chi connectivity index (χ3n) is 4.52. The highest BCUT2D eigenvalue weighted by Crippen LogP contribution is 2.25. The van der Waals surface area contributed by atoms with Crippen molar-refractivity contribution in [2.75, 3.05) is 0 Å². The molecule has 1 unspecified atom stereocenters. The van der Waals surface area contributed by atoms with Gasteiger partial charge in [-0.2, -0.15) is 0 Å². The van der Waals surface area contributed by atoms with Gasteiger partial charge < -0.3 is 15.2 Å². The van der Waals surface area contributed by atoms with Crippen LogP contribution < -0.4 is 10.1 Å². The summed E-state index contributed by atoms with van der Waals surface area (Å²) in [7, 11) is 0. The molecule has 3 rings (SSSR count). The molecule has 0 fully saturated rings. The molecular weight excluding hydrogens is 458 g/mol. The van der Waals surface area contributed by atoms with Crippen LogP contribution in [0.25, 0.3) is 6.08 Å². The van der Waals surface area contributed by atoms with Crippen molar-refractivity contribution in [3.63, 3.8) is 0 Å². The lowest BCUT2D eigenvalue weighted by atomic mass is 10.1. The molecule has 1 amide bonds. The summed E-state index contributed by atoms with van der Waals surface area (Å²) in [6.07, 6.45) is 3.14. The zero-order valence-electron chi connectivity index (χ0n) is 16.7. The number of halogens is 1. The maximum atomic E-state index is 12.4. The van der Waals surface area contributed by atoms with Gasteiger partial charge in [-0.05, 0) is 35.4 Å². The van der Waals surface area contributed by atoms with Crippen LogP contribution in [-0.2, 0) is 22.6 Å². The van der Waals surface area contributed by atoms with E-state index in [0.717, 1.165) is 15.6 Å². The quantitative estimate of drug-likeness (QED) is 0.430. The fraction of sp³-hybridized carbons (Fsp3) is 0.120. The fourth-order valence-electron chi connectivity index (χ4n) is 2.95. The Hall–Kier alpha value is -3.38. The highest BCUT2D eigenvalue weighted by Gasteiger charge is 2.19. The van der Waals surface area contributed by atoms with Crippen LogP contribution in [0.4, 0.5) is 0 Å². The highest BCUT2D eigenvalue weighted by molar-refractivity contribution is 9.10. The number of rotatable bonds is 9. The van der Waals surface area contributed by atoms with E-state index in [2.05, 4.69) is 21.2 Å². The van der Waals surface area contributed by atoms with E-state index in [1.165, 1.54) is 6.08 Å². The number of aliphatic carboxylic acids is 1. The van der Waals surface area contributed by atoms with Gasteiger partial charge in [0.1, 0.15) is 18.4 Å². The van der Waals surface area contributed by atoms with Crippen molar-refractivity contribution >= 4 is 33.9 Å². The molecule has 1 atom stereocenters. The molecule has 0 aliphatic carbocycles. The van der Waals surface area contributed by atoms with E-state index in [0.29, 0.717) is 17.9 Å². The molecule has 0 aliphatic rings. The second-order valence-electron chi connectivity index (χ2n) is 6.88. The van der Waals surface area contributed by atoms with E-state index < -0.39 is 17.9 Å². The van der Waals surface area contributed by atoms with Crippen LogP contribution in [0.15, 0.2) is 89.4 Å². The number of amides is 1. The number of nitrogens with one attached hydrogen (secondary N) is 1. The molecule has 0 aliphatic heterocycles. The van der Waals surface area contributed by atoms with Crippen LogP contribution in [0.1, 0.15) is 16.7 Å². The van der Waals surface area contributed by atoms with Gasteiger partial charge in [0.25, 0.3) is 0 Å².